The first-order chi connectivity index (χ1) is 13.4. The van der Waals surface area contributed by atoms with Crippen LogP contribution < -0.4 is 5.32 Å². The fraction of sp³-hybridized carbons (Fsp3) is 0.304. The highest BCUT2D eigenvalue weighted by molar-refractivity contribution is 7.22. The maximum absolute atomic E-state index is 13.1. The highest BCUT2D eigenvalue weighted by atomic mass is 32.1. The smallest absolute Gasteiger partial charge is 0.257 e. The van der Waals surface area contributed by atoms with E-state index < -0.39 is 0 Å². The van der Waals surface area contributed by atoms with Gasteiger partial charge >= 0.3 is 0 Å². The summed E-state index contributed by atoms with van der Waals surface area (Å²) in [7, 11) is 0. The monoisotopic (exact) mass is 395 g/mol. The van der Waals surface area contributed by atoms with E-state index in [1.165, 1.54) is 17.0 Å². The molecule has 0 spiro atoms. The molecule has 2 rings (SSSR count). The van der Waals surface area contributed by atoms with E-state index in [0.29, 0.717) is 17.2 Å². The Balaban J connectivity index is 2.39. The van der Waals surface area contributed by atoms with Crippen LogP contribution in [0.25, 0.3) is 10.2 Å². The molecular formula is C23H29N3OS. The Morgan fingerprint density at radius 2 is 2.00 bits per heavy atom. The lowest BCUT2D eigenvalue weighted by Crippen LogP contribution is -2.26. The number of hydrogen-bond donors (Lipinski definition) is 1. The van der Waals surface area contributed by atoms with Crippen LogP contribution in [0, 0.1) is 0 Å². The molecule has 2 aromatic rings. The molecule has 0 fully saturated rings. The molecular weight excluding hydrogens is 366 g/mol. The lowest BCUT2D eigenvalue weighted by atomic mass is 10.00. The molecule has 0 radical (unpaired) electrons. The van der Waals surface area contributed by atoms with Gasteiger partial charge in [0, 0.05) is 24.4 Å². The number of likely N-dealkylation sites (N-methyl/N-ethyl adjacent to an activating group) is 1. The minimum absolute atomic E-state index is 0.163. The fourth-order valence-corrected chi connectivity index (χ4v) is 3.74. The first-order valence-corrected chi connectivity index (χ1v) is 10.3. The van der Waals surface area contributed by atoms with E-state index in [1.807, 2.05) is 57.2 Å². The van der Waals surface area contributed by atoms with E-state index in [4.69, 9.17) is 0 Å². The number of nitrogens with zero attached hydrogens (tertiary/aromatic N) is 2. The molecule has 28 heavy (non-hydrogen) atoms. The first-order valence-electron chi connectivity index (χ1n) is 9.47. The molecule has 0 aliphatic heterocycles. The normalized spacial score (nSPS) is 13.0. The van der Waals surface area contributed by atoms with Crippen molar-refractivity contribution < 1.29 is 4.79 Å². The van der Waals surface area contributed by atoms with Gasteiger partial charge in [-0.25, -0.2) is 4.98 Å². The number of allylic oxidation sites excluding steroid dienone is 3. The second-order valence-corrected chi connectivity index (χ2v) is 7.59. The molecule has 1 N–H and O–H groups in total. The van der Waals surface area contributed by atoms with Crippen molar-refractivity contribution in [3.8, 4) is 0 Å². The van der Waals surface area contributed by atoms with E-state index in [-0.39, 0.29) is 5.91 Å². The largest absolute Gasteiger partial charge is 0.371 e. The van der Waals surface area contributed by atoms with E-state index in [9.17, 15) is 4.79 Å². The first kappa shape index (κ1) is 21.6. The van der Waals surface area contributed by atoms with Gasteiger partial charge in [0.1, 0.15) is 0 Å². The Labute approximate surface area is 172 Å². The summed E-state index contributed by atoms with van der Waals surface area (Å²) in [6, 6.07) is 7.87. The predicted octanol–water partition coefficient (Wildman–Crippen LogP) is 5.93. The minimum Gasteiger partial charge on any atom is -0.371 e. The number of rotatable bonds is 8. The minimum atomic E-state index is -0.163. The van der Waals surface area contributed by atoms with Crippen molar-refractivity contribution in [2.75, 3.05) is 18.4 Å². The number of benzene rings is 1. The second-order valence-electron chi connectivity index (χ2n) is 6.56. The highest BCUT2D eigenvalue weighted by Gasteiger charge is 2.18. The molecule has 0 unspecified atom stereocenters. The van der Waals surface area contributed by atoms with E-state index in [1.54, 1.807) is 0 Å². The van der Waals surface area contributed by atoms with Crippen LogP contribution in [-0.4, -0.2) is 28.9 Å². The van der Waals surface area contributed by atoms with Gasteiger partial charge in [0.05, 0.1) is 10.2 Å². The molecule has 1 amide bonds. The van der Waals surface area contributed by atoms with Crippen molar-refractivity contribution in [1.82, 2.24) is 9.88 Å². The Bertz CT molecular complexity index is 917. The van der Waals surface area contributed by atoms with E-state index in [0.717, 1.165) is 27.9 Å². The van der Waals surface area contributed by atoms with Gasteiger partial charge in [-0.15, -0.1) is 0 Å². The van der Waals surface area contributed by atoms with Crippen molar-refractivity contribution >= 4 is 32.6 Å². The van der Waals surface area contributed by atoms with Crippen molar-refractivity contribution in [2.45, 2.75) is 34.6 Å². The number of hydrogen-bond acceptors (Lipinski definition) is 4. The molecule has 1 aromatic carbocycles. The van der Waals surface area contributed by atoms with Gasteiger partial charge in [-0.3, -0.25) is 10.1 Å². The highest BCUT2D eigenvalue weighted by Crippen LogP contribution is 2.27. The standard InChI is InChI=1S/C23H29N3OS/c1-7-12-18(19(16(4)5)15-26(9-3)17(6)8-2)22(27)25-23-24-20-13-10-11-14-21(20)28-23/h7-8,10-14H,4,9,15H2,1-3,5-6H3,(H,24,25,27)/b12-7-,17-8+,19-18+. The number of anilines is 1. The van der Waals surface area contributed by atoms with Crippen LogP contribution >= 0.6 is 11.3 Å². The number of nitrogens with one attached hydrogen (secondary N) is 1. The van der Waals surface area contributed by atoms with Gasteiger partial charge in [0.25, 0.3) is 5.91 Å². The number of carbonyl (C=O) groups is 1. The van der Waals surface area contributed by atoms with Crippen LogP contribution in [-0.2, 0) is 4.79 Å². The molecule has 1 heterocycles. The average Bonchev–Trinajstić information content (AvgIpc) is 3.08. The molecule has 5 heteroatoms. The van der Waals surface area contributed by atoms with E-state index in [2.05, 4.69) is 41.7 Å². The number of fused-ring (bicyclic) bond motifs is 1. The maximum atomic E-state index is 13.1. The van der Waals surface area contributed by atoms with Gasteiger partial charge in [-0.2, -0.15) is 0 Å². The Morgan fingerprint density at radius 1 is 1.29 bits per heavy atom. The van der Waals surface area contributed by atoms with E-state index >= 15 is 0 Å². The Morgan fingerprint density at radius 3 is 2.57 bits per heavy atom. The summed E-state index contributed by atoms with van der Waals surface area (Å²) in [6.07, 6.45) is 5.82. The van der Waals surface area contributed by atoms with Gasteiger partial charge in [-0.1, -0.05) is 53.8 Å². The lowest BCUT2D eigenvalue weighted by Gasteiger charge is -2.26. The lowest BCUT2D eigenvalue weighted by molar-refractivity contribution is -0.112. The summed E-state index contributed by atoms with van der Waals surface area (Å²) in [4.78, 5) is 19.9. The molecule has 0 atom stereocenters. The molecule has 0 saturated heterocycles. The number of para-hydroxylation sites is 1. The molecule has 0 saturated carbocycles. The van der Waals surface area contributed by atoms with Crippen LogP contribution in [0.4, 0.5) is 5.13 Å². The molecule has 1 aromatic heterocycles. The summed E-state index contributed by atoms with van der Waals surface area (Å²) < 4.78 is 1.05. The SMILES string of the molecule is C=C(C)/C(CN(CC)/C(C)=C/C)=C(\C=C/C)C(=O)Nc1nc2ccccc2s1. The maximum Gasteiger partial charge on any atom is 0.257 e. The second kappa shape index (κ2) is 10.0. The summed E-state index contributed by atoms with van der Waals surface area (Å²) in [6.45, 7) is 15.7. The third-order valence-corrected chi connectivity index (χ3v) is 5.53. The van der Waals surface area contributed by atoms with Crippen molar-refractivity contribution in [3.05, 3.63) is 71.5 Å². The van der Waals surface area contributed by atoms with Crippen LogP contribution in [0.15, 0.2) is 71.5 Å². The van der Waals surface area contributed by atoms with Crippen molar-refractivity contribution in [3.63, 3.8) is 0 Å². The average molecular weight is 396 g/mol. The van der Waals surface area contributed by atoms with Crippen LogP contribution in [0.2, 0.25) is 0 Å². The summed E-state index contributed by atoms with van der Waals surface area (Å²) in [5, 5.41) is 3.57. The zero-order chi connectivity index (χ0) is 20.7. The molecule has 0 bridgehead atoms. The Kier molecular flexibility index (Phi) is 7.76. The van der Waals surface area contributed by atoms with Crippen LogP contribution in [0.1, 0.15) is 34.6 Å². The fourth-order valence-electron chi connectivity index (χ4n) is 2.88. The zero-order valence-electron chi connectivity index (χ0n) is 17.4. The molecule has 0 aliphatic carbocycles. The summed E-state index contributed by atoms with van der Waals surface area (Å²) in [5.41, 5.74) is 4.50. The Hall–Kier alpha value is -2.66. The molecule has 4 nitrogen and oxygen atoms in total. The van der Waals surface area contributed by atoms with Crippen LogP contribution in [0.3, 0.4) is 0 Å². The van der Waals surface area contributed by atoms with Crippen molar-refractivity contribution in [2.24, 2.45) is 0 Å². The van der Waals surface area contributed by atoms with Gasteiger partial charge in [0.15, 0.2) is 5.13 Å². The topological polar surface area (TPSA) is 45.2 Å². The van der Waals surface area contributed by atoms with Gasteiger partial charge in [0.2, 0.25) is 0 Å². The quantitative estimate of drug-likeness (QED) is 0.445. The number of aromatic nitrogens is 1. The van der Waals surface area contributed by atoms with Crippen LogP contribution in [0.5, 0.6) is 0 Å². The third-order valence-electron chi connectivity index (χ3n) is 4.58. The van der Waals surface area contributed by atoms with Crippen molar-refractivity contribution in [1.29, 1.82) is 0 Å². The van der Waals surface area contributed by atoms with Gasteiger partial charge in [-0.05, 0) is 52.3 Å². The third kappa shape index (κ3) is 5.20. The molecule has 148 valence electrons. The summed E-state index contributed by atoms with van der Waals surface area (Å²) >= 11 is 1.48. The molecule has 0 aliphatic rings. The number of thiazole rings is 1. The number of carbonyl (C=O) groups excluding carboxylic acids is 1. The zero-order valence-corrected chi connectivity index (χ0v) is 18.2. The van der Waals surface area contributed by atoms with Gasteiger partial charge < -0.3 is 4.90 Å². The summed E-state index contributed by atoms with van der Waals surface area (Å²) in [5.74, 6) is -0.163. The predicted molar refractivity (Wildman–Crippen MR) is 122 cm³/mol. The number of amides is 1.